The Bertz CT molecular complexity index is 813. The van der Waals surface area contributed by atoms with Crippen molar-refractivity contribution in [3.05, 3.63) is 58.9 Å². The smallest absolute Gasteiger partial charge is 0.344 e. The summed E-state index contributed by atoms with van der Waals surface area (Å²) in [5, 5.41) is 2.74. The number of carbonyl (C=O) groups excluding carboxylic acids is 2. The van der Waals surface area contributed by atoms with Crippen molar-refractivity contribution in [3.63, 3.8) is 0 Å². The topological polar surface area (TPSA) is 73.9 Å². The van der Waals surface area contributed by atoms with Gasteiger partial charge in [-0.05, 0) is 49.2 Å². The van der Waals surface area contributed by atoms with Gasteiger partial charge in [0.15, 0.2) is 12.7 Å². The summed E-state index contributed by atoms with van der Waals surface area (Å²) in [5.74, 6) is -0.756. The maximum absolute atomic E-state index is 13.0. The Kier molecular flexibility index (Phi) is 8.07. The van der Waals surface area contributed by atoms with E-state index in [-0.39, 0.29) is 10.8 Å². The number of ether oxygens (including phenoxy) is 3. The molecule has 1 amide bonds. The first-order chi connectivity index (χ1) is 13.4. The van der Waals surface area contributed by atoms with Crippen molar-refractivity contribution in [2.75, 3.05) is 20.3 Å². The second-order valence-electron chi connectivity index (χ2n) is 5.88. The molecule has 0 unspecified atom stereocenters. The molecule has 0 aliphatic carbocycles. The van der Waals surface area contributed by atoms with Crippen LogP contribution in [-0.2, 0) is 20.7 Å². The van der Waals surface area contributed by atoms with Crippen LogP contribution in [0.15, 0.2) is 42.5 Å². The van der Waals surface area contributed by atoms with Crippen LogP contribution >= 0.6 is 11.6 Å². The third kappa shape index (κ3) is 6.74. The van der Waals surface area contributed by atoms with Crippen LogP contribution in [0.3, 0.4) is 0 Å². The molecule has 150 valence electrons. The molecule has 0 aliphatic heterocycles. The Balaban J connectivity index is 1.70. The van der Waals surface area contributed by atoms with Gasteiger partial charge in [-0.1, -0.05) is 23.7 Å². The van der Waals surface area contributed by atoms with Crippen molar-refractivity contribution in [1.82, 2.24) is 5.32 Å². The fraction of sp³-hybridized carbons (Fsp3) is 0.300. The highest BCUT2D eigenvalue weighted by atomic mass is 35.5. The van der Waals surface area contributed by atoms with Gasteiger partial charge < -0.3 is 19.5 Å². The largest absolute Gasteiger partial charge is 0.497 e. The lowest BCUT2D eigenvalue weighted by Gasteiger charge is -2.14. The fourth-order valence-electron chi connectivity index (χ4n) is 2.28. The number of carbonyl (C=O) groups is 2. The molecule has 0 saturated carbocycles. The number of methoxy groups -OCH3 is 1. The molecule has 0 aliphatic rings. The van der Waals surface area contributed by atoms with Crippen LogP contribution in [0.5, 0.6) is 11.5 Å². The first kappa shape index (κ1) is 21.5. The minimum Gasteiger partial charge on any atom is -0.497 e. The lowest BCUT2D eigenvalue weighted by molar-refractivity contribution is -0.156. The third-order valence-electron chi connectivity index (χ3n) is 3.79. The van der Waals surface area contributed by atoms with Crippen molar-refractivity contribution < 1.29 is 28.2 Å². The molecule has 2 aromatic carbocycles. The Hall–Kier alpha value is -2.80. The molecule has 0 fully saturated rings. The van der Waals surface area contributed by atoms with Crippen molar-refractivity contribution in [2.24, 2.45) is 0 Å². The normalized spacial score (nSPS) is 11.4. The van der Waals surface area contributed by atoms with Crippen molar-refractivity contribution in [3.8, 4) is 11.5 Å². The molecule has 8 heteroatoms. The van der Waals surface area contributed by atoms with Crippen LogP contribution in [-0.4, -0.2) is 38.2 Å². The zero-order valence-corrected chi connectivity index (χ0v) is 16.3. The second kappa shape index (κ2) is 10.5. The molecular weight excluding hydrogens is 389 g/mol. The number of benzene rings is 2. The highest BCUT2D eigenvalue weighted by Crippen LogP contribution is 2.24. The van der Waals surface area contributed by atoms with E-state index in [1.807, 2.05) is 24.3 Å². The highest BCUT2D eigenvalue weighted by molar-refractivity contribution is 6.32. The van der Waals surface area contributed by atoms with Gasteiger partial charge in [-0.2, -0.15) is 0 Å². The van der Waals surface area contributed by atoms with Gasteiger partial charge in [-0.15, -0.1) is 0 Å². The van der Waals surface area contributed by atoms with Gasteiger partial charge in [-0.25, -0.2) is 9.18 Å². The number of hydrogen-bond acceptors (Lipinski definition) is 5. The van der Waals surface area contributed by atoms with Gasteiger partial charge in [0.25, 0.3) is 5.91 Å². The zero-order valence-electron chi connectivity index (χ0n) is 15.5. The van der Waals surface area contributed by atoms with E-state index in [1.165, 1.54) is 13.0 Å². The number of halogens is 2. The monoisotopic (exact) mass is 409 g/mol. The maximum Gasteiger partial charge on any atom is 0.344 e. The molecule has 2 aromatic rings. The molecule has 0 aromatic heterocycles. The Morgan fingerprint density at radius 3 is 2.54 bits per heavy atom. The summed E-state index contributed by atoms with van der Waals surface area (Å²) in [6, 6.07) is 11.0. The van der Waals surface area contributed by atoms with Crippen LogP contribution < -0.4 is 14.8 Å². The number of amides is 1. The van der Waals surface area contributed by atoms with E-state index >= 15 is 0 Å². The van der Waals surface area contributed by atoms with Gasteiger partial charge in [0.2, 0.25) is 0 Å². The average Bonchev–Trinajstić information content (AvgIpc) is 2.67. The predicted molar refractivity (Wildman–Crippen MR) is 102 cm³/mol. The highest BCUT2D eigenvalue weighted by Gasteiger charge is 2.18. The standard InChI is InChI=1S/C20H21ClFNO5/c1-13(20(25)23-10-9-14-3-6-16(26-2)7-4-14)28-19(24)12-27-18-8-5-15(22)11-17(18)21/h3-8,11,13H,9-10,12H2,1-2H3,(H,23,25)/t13-/m1/s1. The van der Waals surface area contributed by atoms with E-state index in [0.717, 1.165) is 23.4 Å². The first-order valence-corrected chi connectivity index (χ1v) is 8.95. The molecule has 0 saturated heterocycles. The summed E-state index contributed by atoms with van der Waals surface area (Å²) < 4.78 is 28.3. The van der Waals surface area contributed by atoms with Gasteiger partial charge in [0, 0.05) is 6.54 Å². The quantitative estimate of drug-likeness (QED) is 0.644. The molecule has 0 radical (unpaired) electrons. The predicted octanol–water partition coefficient (Wildman–Crippen LogP) is 3.16. The summed E-state index contributed by atoms with van der Waals surface area (Å²) in [6.45, 7) is 1.41. The fourth-order valence-corrected chi connectivity index (χ4v) is 2.50. The molecule has 2 rings (SSSR count). The van der Waals surface area contributed by atoms with Crippen LogP contribution in [0, 0.1) is 5.82 Å². The van der Waals surface area contributed by atoms with Gasteiger partial charge in [-0.3, -0.25) is 4.79 Å². The third-order valence-corrected chi connectivity index (χ3v) is 4.08. The van der Waals surface area contributed by atoms with E-state index in [1.54, 1.807) is 7.11 Å². The van der Waals surface area contributed by atoms with E-state index in [0.29, 0.717) is 13.0 Å². The number of esters is 1. The summed E-state index contributed by atoms with van der Waals surface area (Å²) in [6.07, 6.45) is -0.349. The Labute approximate surface area is 167 Å². The lowest BCUT2D eigenvalue weighted by atomic mass is 10.1. The molecule has 0 heterocycles. The molecule has 0 bridgehead atoms. The van der Waals surface area contributed by atoms with E-state index in [2.05, 4.69) is 5.32 Å². The van der Waals surface area contributed by atoms with E-state index in [4.69, 9.17) is 25.8 Å². The van der Waals surface area contributed by atoms with Crippen molar-refractivity contribution in [2.45, 2.75) is 19.4 Å². The van der Waals surface area contributed by atoms with Crippen LogP contribution in [0.1, 0.15) is 12.5 Å². The second-order valence-corrected chi connectivity index (χ2v) is 6.29. The van der Waals surface area contributed by atoms with Gasteiger partial charge in [0.1, 0.15) is 17.3 Å². The molecule has 1 N–H and O–H groups in total. The Morgan fingerprint density at radius 1 is 1.18 bits per heavy atom. The van der Waals surface area contributed by atoms with Crippen LogP contribution in [0.4, 0.5) is 4.39 Å². The number of rotatable bonds is 9. The van der Waals surface area contributed by atoms with Crippen LogP contribution in [0.25, 0.3) is 0 Å². The molecule has 28 heavy (non-hydrogen) atoms. The SMILES string of the molecule is COc1ccc(CCNC(=O)[C@@H](C)OC(=O)COc2ccc(F)cc2Cl)cc1. The van der Waals surface area contributed by atoms with Gasteiger partial charge in [0.05, 0.1) is 12.1 Å². The lowest BCUT2D eigenvalue weighted by Crippen LogP contribution is -2.37. The average molecular weight is 410 g/mol. The maximum atomic E-state index is 13.0. The first-order valence-electron chi connectivity index (χ1n) is 8.57. The zero-order chi connectivity index (χ0) is 20.5. The molecule has 1 atom stereocenters. The van der Waals surface area contributed by atoms with Gasteiger partial charge >= 0.3 is 5.97 Å². The molecule has 6 nitrogen and oxygen atoms in total. The van der Waals surface area contributed by atoms with Crippen LogP contribution in [0.2, 0.25) is 5.02 Å². The van der Waals surface area contributed by atoms with E-state index in [9.17, 15) is 14.0 Å². The minimum absolute atomic E-state index is 0.0390. The number of nitrogens with one attached hydrogen (secondary N) is 1. The summed E-state index contributed by atoms with van der Waals surface area (Å²) >= 11 is 5.81. The molecular formula is C20H21ClFNO5. The minimum atomic E-state index is -0.976. The summed E-state index contributed by atoms with van der Waals surface area (Å²) in [4.78, 5) is 23.8. The Morgan fingerprint density at radius 2 is 1.89 bits per heavy atom. The van der Waals surface area contributed by atoms with E-state index < -0.39 is 30.4 Å². The number of hydrogen-bond donors (Lipinski definition) is 1. The summed E-state index contributed by atoms with van der Waals surface area (Å²) in [5.41, 5.74) is 1.04. The summed E-state index contributed by atoms with van der Waals surface area (Å²) in [7, 11) is 1.59. The van der Waals surface area contributed by atoms with Crippen molar-refractivity contribution in [1.29, 1.82) is 0 Å². The van der Waals surface area contributed by atoms with Crippen molar-refractivity contribution >= 4 is 23.5 Å². The molecule has 0 spiro atoms.